The van der Waals surface area contributed by atoms with Crippen LogP contribution in [-0.2, 0) is 0 Å². The third-order valence-electron chi connectivity index (χ3n) is 4.02. The van der Waals surface area contributed by atoms with Crippen molar-refractivity contribution < 1.29 is 4.74 Å². The fourth-order valence-corrected chi connectivity index (χ4v) is 2.70. The molecule has 0 radical (unpaired) electrons. The summed E-state index contributed by atoms with van der Waals surface area (Å²) in [6.07, 6.45) is 1.67. The molecule has 0 saturated heterocycles. The van der Waals surface area contributed by atoms with Crippen molar-refractivity contribution in [1.29, 1.82) is 0 Å². The summed E-state index contributed by atoms with van der Waals surface area (Å²) in [5, 5.41) is 5.57. The second kappa shape index (κ2) is 8.29. The fourth-order valence-electron chi connectivity index (χ4n) is 2.70. The lowest BCUT2D eigenvalue weighted by atomic mass is 10.1. The molecule has 1 aromatic heterocycles. The van der Waals surface area contributed by atoms with Crippen molar-refractivity contribution in [3.63, 3.8) is 0 Å². The van der Waals surface area contributed by atoms with E-state index >= 15 is 0 Å². The summed E-state index contributed by atoms with van der Waals surface area (Å²) < 4.78 is 5.55. The van der Waals surface area contributed by atoms with E-state index in [1.165, 1.54) is 0 Å². The second-order valence-corrected chi connectivity index (χ2v) is 5.67. The molecule has 0 aliphatic heterocycles. The molecule has 1 heterocycles. The molecule has 0 aliphatic carbocycles. The molecule has 0 fully saturated rings. The van der Waals surface area contributed by atoms with Crippen LogP contribution in [0.2, 0.25) is 0 Å². The van der Waals surface area contributed by atoms with E-state index in [4.69, 9.17) is 4.74 Å². The Balaban J connectivity index is 1.99. The van der Waals surface area contributed by atoms with E-state index < -0.39 is 0 Å². The SMILES string of the molecule is C=CCOc1nc(Nc2cccc3ccccc23)nc(N(CC)CC)n1. The number of anilines is 3. The third-order valence-corrected chi connectivity index (χ3v) is 4.02. The maximum absolute atomic E-state index is 5.55. The van der Waals surface area contributed by atoms with Gasteiger partial charge in [0.05, 0.1) is 0 Å². The van der Waals surface area contributed by atoms with Crippen molar-refractivity contribution in [1.82, 2.24) is 15.0 Å². The lowest BCUT2D eigenvalue weighted by Crippen LogP contribution is -2.25. The number of aromatic nitrogens is 3. The molecule has 0 unspecified atom stereocenters. The van der Waals surface area contributed by atoms with E-state index in [9.17, 15) is 0 Å². The van der Waals surface area contributed by atoms with Gasteiger partial charge in [-0.15, -0.1) is 0 Å². The third kappa shape index (κ3) is 3.91. The van der Waals surface area contributed by atoms with Crippen LogP contribution in [0.1, 0.15) is 13.8 Å². The normalized spacial score (nSPS) is 10.5. The number of nitrogens with one attached hydrogen (secondary N) is 1. The predicted molar refractivity (Wildman–Crippen MR) is 106 cm³/mol. The zero-order valence-corrected chi connectivity index (χ0v) is 15.1. The zero-order chi connectivity index (χ0) is 18.4. The summed E-state index contributed by atoms with van der Waals surface area (Å²) in [5.74, 6) is 1.05. The van der Waals surface area contributed by atoms with Crippen LogP contribution in [0.3, 0.4) is 0 Å². The lowest BCUT2D eigenvalue weighted by Gasteiger charge is -2.19. The highest BCUT2D eigenvalue weighted by atomic mass is 16.5. The maximum atomic E-state index is 5.55. The van der Waals surface area contributed by atoms with Crippen LogP contribution < -0.4 is 15.0 Å². The minimum absolute atomic E-state index is 0.282. The highest BCUT2D eigenvalue weighted by Crippen LogP contribution is 2.26. The first-order valence-electron chi connectivity index (χ1n) is 8.74. The van der Waals surface area contributed by atoms with Crippen molar-refractivity contribution in [2.24, 2.45) is 0 Å². The van der Waals surface area contributed by atoms with Crippen molar-refractivity contribution in [2.75, 3.05) is 29.9 Å². The Hall–Kier alpha value is -3.15. The summed E-state index contributed by atoms with van der Waals surface area (Å²) in [7, 11) is 0. The molecule has 0 spiro atoms. The van der Waals surface area contributed by atoms with Gasteiger partial charge < -0.3 is 15.0 Å². The summed E-state index contributed by atoms with van der Waals surface area (Å²) in [6, 6.07) is 14.6. The number of nitrogens with zero attached hydrogens (tertiary/aromatic N) is 4. The molecular weight excluding hydrogens is 326 g/mol. The number of hydrogen-bond donors (Lipinski definition) is 1. The Morgan fingerprint density at radius 3 is 2.58 bits per heavy atom. The molecule has 134 valence electrons. The molecule has 0 atom stereocenters. The maximum Gasteiger partial charge on any atom is 0.323 e. The Morgan fingerprint density at radius 2 is 1.81 bits per heavy atom. The molecule has 2 aromatic carbocycles. The Labute approximate surface area is 153 Å². The van der Waals surface area contributed by atoms with Crippen LogP contribution in [-0.4, -0.2) is 34.6 Å². The number of ether oxygens (including phenoxy) is 1. The van der Waals surface area contributed by atoms with Gasteiger partial charge >= 0.3 is 6.01 Å². The van der Waals surface area contributed by atoms with E-state index in [0.29, 0.717) is 18.5 Å². The molecule has 0 bridgehead atoms. The number of benzene rings is 2. The van der Waals surface area contributed by atoms with Gasteiger partial charge in [0.1, 0.15) is 6.61 Å². The van der Waals surface area contributed by atoms with E-state index in [2.05, 4.69) is 63.8 Å². The molecule has 0 saturated carbocycles. The average Bonchev–Trinajstić information content (AvgIpc) is 2.67. The molecule has 3 aromatic rings. The van der Waals surface area contributed by atoms with Gasteiger partial charge in [0.15, 0.2) is 0 Å². The largest absolute Gasteiger partial charge is 0.459 e. The molecule has 1 N–H and O–H groups in total. The van der Waals surface area contributed by atoms with Gasteiger partial charge in [-0.25, -0.2) is 0 Å². The highest BCUT2D eigenvalue weighted by Gasteiger charge is 2.13. The summed E-state index contributed by atoms with van der Waals surface area (Å²) >= 11 is 0. The van der Waals surface area contributed by atoms with Gasteiger partial charge in [-0.2, -0.15) is 15.0 Å². The molecule has 0 aliphatic rings. The highest BCUT2D eigenvalue weighted by molar-refractivity contribution is 5.94. The fraction of sp³-hybridized carbons (Fsp3) is 0.250. The van der Waals surface area contributed by atoms with Gasteiger partial charge in [-0.1, -0.05) is 49.1 Å². The van der Waals surface area contributed by atoms with Crippen LogP contribution in [0, 0.1) is 0 Å². The quantitative estimate of drug-likeness (QED) is 0.616. The summed E-state index contributed by atoms with van der Waals surface area (Å²) in [4.78, 5) is 15.4. The van der Waals surface area contributed by atoms with Gasteiger partial charge in [0, 0.05) is 24.2 Å². The van der Waals surface area contributed by atoms with Crippen molar-refractivity contribution >= 4 is 28.4 Å². The van der Waals surface area contributed by atoms with Gasteiger partial charge in [0.2, 0.25) is 11.9 Å². The number of fused-ring (bicyclic) bond motifs is 1. The van der Waals surface area contributed by atoms with Gasteiger partial charge in [0.25, 0.3) is 0 Å². The zero-order valence-electron chi connectivity index (χ0n) is 15.1. The first-order chi connectivity index (χ1) is 12.7. The Morgan fingerprint density at radius 1 is 1.04 bits per heavy atom. The molecular formula is C20H23N5O. The van der Waals surface area contributed by atoms with Crippen molar-refractivity contribution in [2.45, 2.75) is 13.8 Å². The van der Waals surface area contributed by atoms with Gasteiger partial charge in [-0.3, -0.25) is 0 Å². The van der Waals surface area contributed by atoms with Crippen LogP contribution in [0.5, 0.6) is 6.01 Å². The minimum Gasteiger partial charge on any atom is -0.459 e. The van der Waals surface area contributed by atoms with E-state index in [-0.39, 0.29) is 6.01 Å². The van der Waals surface area contributed by atoms with Crippen LogP contribution >= 0.6 is 0 Å². The topological polar surface area (TPSA) is 63.2 Å². The first-order valence-corrected chi connectivity index (χ1v) is 8.74. The summed E-state index contributed by atoms with van der Waals surface area (Å²) in [6.45, 7) is 9.74. The molecule has 6 heteroatoms. The monoisotopic (exact) mass is 349 g/mol. The molecule has 26 heavy (non-hydrogen) atoms. The molecule has 3 rings (SSSR count). The standard InChI is InChI=1S/C20H23N5O/c1-4-14-26-20-23-18(22-19(24-20)25(5-2)6-3)21-17-13-9-11-15-10-7-8-12-16(15)17/h4,7-13H,1,5-6,14H2,2-3H3,(H,21,22,23,24). The molecule has 0 amide bonds. The first kappa shape index (κ1) is 17.7. The Bertz CT molecular complexity index is 887. The smallest absolute Gasteiger partial charge is 0.323 e. The number of hydrogen-bond acceptors (Lipinski definition) is 6. The van der Waals surface area contributed by atoms with E-state index in [1.54, 1.807) is 6.08 Å². The average molecular weight is 349 g/mol. The predicted octanol–water partition coefficient (Wildman–Crippen LogP) is 4.18. The second-order valence-electron chi connectivity index (χ2n) is 5.67. The molecule has 6 nitrogen and oxygen atoms in total. The lowest BCUT2D eigenvalue weighted by molar-refractivity contribution is 0.332. The minimum atomic E-state index is 0.282. The van der Waals surface area contributed by atoms with Crippen molar-refractivity contribution in [3.8, 4) is 6.01 Å². The van der Waals surface area contributed by atoms with Crippen LogP contribution in [0.25, 0.3) is 10.8 Å². The Kier molecular flexibility index (Phi) is 5.63. The number of rotatable bonds is 8. The van der Waals surface area contributed by atoms with Crippen LogP contribution in [0.4, 0.5) is 17.6 Å². The van der Waals surface area contributed by atoms with Crippen LogP contribution in [0.15, 0.2) is 55.1 Å². The van der Waals surface area contributed by atoms with E-state index in [0.717, 1.165) is 29.5 Å². The van der Waals surface area contributed by atoms with E-state index in [1.807, 2.05) is 24.3 Å². The van der Waals surface area contributed by atoms with Gasteiger partial charge in [-0.05, 0) is 25.3 Å². The summed E-state index contributed by atoms with van der Waals surface area (Å²) in [5.41, 5.74) is 0.939. The van der Waals surface area contributed by atoms with Crippen molar-refractivity contribution in [3.05, 3.63) is 55.1 Å².